The van der Waals surface area contributed by atoms with Crippen molar-refractivity contribution in [3.05, 3.63) is 50.9 Å². The van der Waals surface area contributed by atoms with E-state index in [0.29, 0.717) is 0 Å². The average Bonchev–Trinajstić information content (AvgIpc) is 2.36. The minimum atomic E-state index is -4.22. The molecule has 0 bridgehead atoms. The van der Waals surface area contributed by atoms with Crippen molar-refractivity contribution >= 4 is 44.7 Å². The molecule has 0 aliphatic heterocycles. The SMILES string of the molecule is O=[N+]([O-])c1ccccc1S(=O)(=O)Nc1cc(Cl)nc(Cl)n1. The molecule has 0 spiro atoms. The predicted molar refractivity (Wildman–Crippen MR) is 76.0 cm³/mol. The zero-order valence-electron chi connectivity index (χ0n) is 10.0. The van der Waals surface area contributed by atoms with E-state index in [1.807, 2.05) is 0 Å². The first-order chi connectivity index (χ1) is 9.79. The number of nitrogens with zero attached hydrogens (tertiary/aromatic N) is 3. The van der Waals surface area contributed by atoms with Crippen LogP contribution in [0.3, 0.4) is 0 Å². The van der Waals surface area contributed by atoms with E-state index in [-0.39, 0.29) is 16.3 Å². The van der Waals surface area contributed by atoms with Gasteiger partial charge < -0.3 is 0 Å². The average molecular weight is 349 g/mol. The Kier molecular flexibility index (Phi) is 4.26. The van der Waals surface area contributed by atoms with Crippen LogP contribution in [-0.4, -0.2) is 23.3 Å². The Balaban J connectivity index is 2.46. The Labute approximate surface area is 128 Å². The molecule has 21 heavy (non-hydrogen) atoms. The van der Waals surface area contributed by atoms with Gasteiger partial charge in [0.15, 0.2) is 4.90 Å². The molecule has 0 radical (unpaired) electrons. The normalized spacial score (nSPS) is 11.1. The highest BCUT2D eigenvalue weighted by molar-refractivity contribution is 7.92. The van der Waals surface area contributed by atoms with Crippen LogP contribution < -0.4 is 4.72 Å². The maximum Gasteiger partial charge on any atom is 0.289 e. The zero-order valence-corrected chi connectivity index (χ0v) is 12.4. The number of anilines is 1. The molecule has 1 N–H and O–H groups in total. The van der Waals surface area contributed by atoms with Gasteiger partial charge in [-0.15, -0.1) is 0 Å². The number of sulfonamides is 1. The number of nitrogens with one attached hydrogen (secondary N) is 1. The first-order valence-electron chi connectivity index (χ1n) is 5.26. The van der Waals surface area contributed by atoms with Crippen molar-refractivity contribution < 1.29 is 13.3 Å². The summed E-state index contributed by atoms with van der Waals surface area (Å²) in [6.07, 6.45) is 0. The molecular weight excluding hydrogens is 343 g/mol. The molecule has 0 fully saturated rings. The molecule has 2 rings (SSSR count). The van der Waals surface area contributed by atoms with E-state index in [1.54, 1.807) is 0 Å². The minimum Gasteiger partial charge on any atom is -0.263 e. The molecule has 0 saturated heterocycles. The molecule has 0 aliphatic carbocycles. The van der Waals surface area contributed by atoms with Gasteiger partial charge >= 0.3 is 0 Å². The highest BCUT2D eigenvalue weighted by Gasteiger charge is 2.25. The van der Waals surface area contributed by atoms with Crippen molar-refractivity contribution in [2.45, 2.75) is 4.90 Å². The van der Waals surface area contributed by atoms with Gasteiger partial charge in [0, 0.05) is 12.1 Å². The second-order valence-corrected chi connectivity index (χ2v) is 6.05. The van der Waals surface area contributed by atoms with Gasteiger partial charge in [0.1, 0.15) is 11.0 Å². The summed E-state index contributed by atoms with van der Waals surface area (Å²) >= 11 is 11.2. The molecule has 11 heteroatoms. The highest BCUT2D eigenvalue weighted by atomic mass is 35.5. The second kappa shape index (κ2) is 5.80. The molecule has 0 aliphatic rings. The number of hydrogen-bond donors (Lipinski definition) is 1. The van der Waals surface area contributed by atoms with Crippen molar-refractivity contribution in [3.8, 4) is 0 Å². The van der Waals surface area contributed by atoms with Crippen molar-refractivity contribution in [1.82, 2.24) is 9.97 Å². The van der Waals surface area contributed by atoms with Crippen LogP contribution >= 0.6 is 23.2 Å². The molecule has 0 amide bonds. The smallest absolute Gasteiger partial charge is 0.263 e. The highest BCUT2D eigenvalue weighted by Crippen LogP contribution is 2.25. The number of benzene rings is 1. The van der Waals surface area contributed by atoms with Gasteiger partial charge in [0.25, 0.3) is 15.7 Å². The first-order valence-corrected chi connectivity index (χ1v) is 7.50. The number of aromatic nitrogens is 2. The number of hydrogen-bond acceptors (Lipinski definition) is 6. The molecule has 8 nitrogen and oxygen atoms in total. The lowest BCUT2D eigenvalue weighted by molar-refractivity contribution is -0.387. The first kappa shape index (κ1) is 15.4. The largest absolute Gasteiger partial charge is 0.289 e. The van der Waals surface area contributed by atoms with Gasteiger partial charge in [-0.3, -0.25) is 14.8 Å². The summed E-state index contributed by atoms with van der Waals surface area (Å²) in [4.78, 5) is 16.8. The summed E-state index contributed by atoms with van der Waals surface area (Å²) in [6, 6.07) is 6.02. The maximum atomic E-state index is 12.2. The Morgan fingerprint density at radius 2 is 1.86 bits per heavy atom. The van der Waals surface area contributed by atoms with E-state index in [2.05, 4.69) is 14.7 Å². The summed E-state index contributed by atoms with van der Waals surface area (Å²) in [6.45, 7) is 0. The van der Waals surface area contributed by atoms with Gasteiger partial charge in [0.2, 0.25) is 5.28 Å². The van der Waals surface area contributed by atoms with E-state index in [4.69, 9.17) is 23.2 Å². The van der Waals surface area contributed by atoms with Gasteiger partial charge in [0.05, 0.1) is 4.92 Å². The predicted octanol–water partition coefficient (Wildman–Crippen LogP) is 2.49. The number of rotatable bonds is 4. The number of nitro groups is 1. The molecular formula is C10H6Cl2N4O4S. The fraction of sp³-hybridized carbons (Fsp3) is 0. The summed E-state index contributed by atoms with van der Waals surface area (Å²) in [7, 11) is -4.22. The minimum absolute atomic E-state index is 0.0738. The third-order valence-electron chi connectivity index (χ3n) is 2.26. The topological polar surface area (TPSA) is 115 Å². The van der Waals surface area contributed by atoms with E-state index < -0.39 is 25.5 Å². The van der Waals surface area contributed by atoms with Crippen molar-refractivity contribution in [2.24, 2.45) is 0 Å². The monoisotopic (exact) mass is 348 g/mol. The summed E-state index contributed by atoms with van der Waals surface area (Å²) in [5.41, 5.74) is -0.559. The molecule has 1 aromatic carbocycles. The Hall–Kier alpha value is -1.97. The van der Waals surface area contributed by atoms with Crippen LogP contribution in [-0.2, 0) is 10.0 Å². The van der Waals surface area contributed by atoms with Crippen molar-refractivity contribution in [3.63, 3.8) is 0 Å². The number of para-hydroxylation sites is 1. The summed E-state index contributed by atoms with van der Waals surface area (Å²) in [5.74, 6) is -0.196. The molecule has 1 heterocycles. The third-order valence-corrected chi connectivity index (χ3v) is 4.02. The second-order valence-electron chi connectivity index (χ2n) is 3.68. The number of nitro benzene ring substituents is 1. The van der Waals surface area contributed by atoms with Gasteiger partial charge in [-0.25, -0.2) is 13.4 Å². The van der Waals surface area contributed by atoms with Crippen LogP contribution in [0.2, 0.25) is 10.4 Å². The third kappa shape index (κ3) is 3.57. The fourth-order valence-electron chi connectivity index (χ4n) is 1.47. The van der Waals surface area contributed by atoms with E-state index in [0.717, 1.165) is 18.2 Å². The molecule has 0 atom stereocenters. The molecule has 2 aromatic rings. The molecule has 0 saturated carbocycles. The lowest BCUT2D eigenvalue weighted by Gasteiger charge is -2.07. The van der Waals surface area contributed by atoms with Gasteiger partial charge in [-0.2, -0.15) is 4.98 Å². The molecule has 1 aromatic heterocycles. The molecule has 110 valence electrons. The fourth-order valence-corrected chi connectivity index (χ4v) is 3.04. The van der Waals surface area contributed by atoms with Crippen LogP contribution in [0, 0.1) is 10.1 Å². The van der Waals surface area contributed by atoms with Crippen LogP contribution in [0.15, 0.2) is 35.2 Å². The summed E-state index contributed by atoms with van der Waals surface area (Å²) < 4.78 is 26.4. The van der Waals surface area contributed by atoms with Crippen molar-refractivity contribution in [1.29, 1.82) is 0 Å². The zero-order chi connectivity index (χ0) is 15.6. The molecule has 0 unspecified atom stereocenters. The van der Waals surface area contributed by atoms with Gasteiger partial charge in [-0.1, -0.05) is 23.7 Å². The lowest BCUT2D eigenvalue weighted by Crippen LogP contribution is -2.15. The van der Waals surface area contributed by atoms with Crippen molar-refractivity contribution in [2.75, 3.05) is 4.72 Å². The maximum absolute atomic E-state index is 12.2. The standard InChI is InChI=1S/C10H6Cl2N4O4S/c11-8-5-9(14-10(12)13-8)15-21(19,20)7-4-2-1-3-6(7)16(17)18/h1-5H,(H,13,14,15). The van der Waals surface area contributed by atoms with Gasteiger partial charge in [-0.05, 0) is 17.7 Å². The van der Waals surface area contributed by atoms with E-state index in [1.165, 1.54) is 12.1 Å². The van der Waals surface area contributed by atoms with E-state index >= 15 is 0 Å². The van der Waals surface area contributed by atoms with E-state index in [9.17, 15) is 18.5 Å². The number of halogens is 2. The lowest BCUT2D eigenvalue weighted by atomic mass is 10.3. The quantitative estimate of drug-likeness (QED) is 0.392. The Morgan fingerprint density at radius 3 is 2.48 bits per heavy atom. The van der Waals surface area contributed by atoms with Crippen LogP contribution in [0.4, 0.5) is 11.5 Å². The van der Waals surface area contributed by atoms with Crippen LogP contribution in [0.1, 0.15) is 0 Å². The Bertz CT molecular complexity index is 792. The van der Waals surface area contributed by atoms with Crippen LogP contribution in [0.5, 0.6) is 0 Å². The van der Waals surface area contributed by atoms with Crippen LogP contribution in [0.25, 0.3) is 0 Å². The summed E-state index contributed by atoms with van der Waals surface area (Å²) in [5, 5.41) is 10.5. The Morgan fingerprint density at radius 1 is 1.19 bits per heavy atom.